The molecule has 0 saturated carbocycles. The van der Waals surface area contributed by atoms with E-state index in [9.17, 15) is 4.79 Å². The molecule has 0 N–H and O–H groups in total. The summed E-state index contributed by atoms with van der Waals surface area (Å²) in [7, 11) is 0. The number of ether oxygens (including phenoxy) is 2. The molecule has 0 aliphatic carbocycles. The molecule has 33 heavy (non-hydrogen) atoms. The summed E-state index contributed by atoms with van der Waals surface area (Å²) in [5, 5.41) is 0. The van der Waals surface area contributed by atoms with Crippen molar-refractivity contribution in [2.75, 3.05) is 39.5 Å². The van der Waals surface area contributed by atoms with E-state index in [0.29, 0.717) is 39.5 Å². The number of nitrogens with zero attached hydrogens (tertiary/aromatic N) is 3. The van der Waals surface area contributed by atoms with Gasteiger partial charge >= 0.3 is 0 Å². The van der Waals surface area contributed by atoms with Crippen molar-refractivity contribution in [1.82, 2.24) is 14.3 Å². The van der Waals surface area contributed by atoms with Crippen molar-refractivity contribution in [2.24, 2.45) is 5.92 Å². The number of pyridine rings is 1. The smallest absolute Gasteiger partial charge is 0.233 e. The summed E-state index contributed by atoms with van der Waals surface area (Å²) in [4.78, 5) is 20.6. The number of imidazole rings is 1. The lowest BCUT2D eigenvalue weighted by Gasteiger charge is -2.40. The van der Waals surface area contributed by atoms with Crippen molar-refractivity contribution in [3.8, 4) is 0 Å². The van der Waals surface area contributed by atoms with Gasteiger partial charge < -0.3 is 18.8 Å². The van der Waals surface area contributed by atoms with Crippen molar-refractivity contribution in [3.63, 3.8) is 0 Å². The number of benzene rings is 1. The summed E-state index contributed by atoms with van der Waals surface area (Å²) in [6.45, 7) is 8.09. The molecule has 0 bridgehead atoms. The minimum atomic E-state index is -0.514. The van der Waals surface area contributed by atoms with E-state index in [-0.39, 0.29) is 11.8 Å². The molecule has 0 spiro atoms. The van der Waals surface area contributed by atoms with Gasteiger partial charge in [0.2, 0.25) is 5.91 Å². The highest BCUT2D eigenvalue weighted by atomic mass is 16.5. The summed E-state index contributed by atoms with van der Waals surface area (Å²) in [5.41, 5.74) is 5.22. The number of aromatic nitrogens is 2. The van der Waals surface area contributed by atoms with Gasteiger partial charge in [0.15, 0.2) is 0 Å². The molecule has 2 aliphatic heterocycles. The fourth-order valence-corrected chi connectivity index (χ4v) is 5.51. The zero-order chi connectivity index (χ0) is 22.8. The number of rotatable bonds is 4. The first kappa shape index (κ1) is 22.1. The highest BCUT2D eigenvalue weighted by molar-refractivity contribution is 5.88. The van der Waals surface area contributed by atoms with Gasteiger partial charge in [-0.1, -0.05) is 35.4 Å². The summed E-state index contributed by atoms with van der Waals surface area (Å²) in [6, 6.07) is 10.8. The van der Waals surface area contributed by atoms with Gasteiger partial charge in [-0.15, -0.1) is 0 Å². The molecule has 2 aliphatic rings. The molecular formula is C27H33N3O3. The van der Waals surface area contributed by atoms with Crippen molar-refractivity contribution >= 4 is 11.6 Å². The maximum atomic E-state index is 14.2. The van der Waals surface area contributed by atoms with Crippen LogP contribution in [-0.2, 0) is 26.1 Å². The lowest BCUT2D eigenvalue weighted by Crippen LogP contribution is -2.51. The molecule has 1 atom stereocenters. The predicted octanol–water partition coefficient (Wildman–Crippen LogP) is 3.72. The quantitative estimate of drug-likeness (QED) is 0.612. The van der Waals surface area contributed by atoms with Crippen LogP contribution in [0.4, 0.5) is 0 Å². The van der Waals surface area contributed by atoms with Crippen LogP contribution < -0.4 is 0 Å². The molecule has 0 radical (unpaired) electrons. The van der Waals surface area contributed by atoms with E-state index in [0.717, 1.165) is 30.5 Å². The minimum Gasteiger partial charge on any atom is -0.381 e. The van der Waals surface area contributed by atoms with E-state index in [1.165, 1.54) is 16.7 Å². The Morgan fingerprint density at radius 3 is 2.67 bits per heavy atom. The summed E-state index contributed by atoms with van der Waals surface area (Å²) in [5.74, 6) is 0.491. The van der Waals surface area contributed by atoms with Gasteiger partial charge in [0.25, 0.3) is 0 Å². The van der Waals surface area contributed by atoms with E-state index in [2.05, 4.69) is 54.2 Å². The number of amides is 1. The number of carbonyl (C=O) groups is 1. The lowest BCUT2D eigenvalue weighted by atomic mass is 9.72. The standard InChI is InChI=1S/C27H33N3O3/c1-20-13-21(2)15-24(14-20)27(5-10-32-11-6-27)26(31)30-9-12-33-19-23(18-30)16-22-3-4-25-28-7-8-29(25)17-22/h3-4,7-8,13-15,17,23H,5-6,9-12,16,18-19H2,1-2H3/t23-/m1/s1. The van der Waals surface area contributed by atoms with Crippen molar-refractivity contribution in [2.45, 2.75) is 38.5 Å². The summed E-state index contributed by atoms with van der Waals surface area (Å²) < 4.78 is 13.7. The van der Waals surface area contributed by atoms with Crippen LogP contribution in [0.15, 0.2) is 48.9 Å². The van der Waals surface area contributed by atoms with Crippen LogP contribution in [0.25, 0.3) is 5.65 Å². The number of hydrogen-bond acceptors (Lipinski definition) is 4. The molecule has 4 heterocycles. The average molecular weight is 448 g/mol. The summed E-state index contributed by atoms with van der Waals surface area (Å²) in [6.07, 6.45) is 8.25. The van der Waals surface area contributed by atoms with Gasteiger partial charge in [-0.25, -0.2) is 4.98 Å². The number of fused-ring (bicyclic) bond motifs is 1. The molecule has 2 fully saturated rings. The number of hydrogen-bond donors (Lipinski definition) is 0. The highest BCUT2D eigenvalue weighted by Crippen LogP contribution is 2.38. The second kappa shape index (κ2) is 9.27. The second-order valence-electron chi connectivity index (χ2n) is 9.70. The Bertz CT molecular complexity index is 1110. The first-order valence-electron chi connectivity index (χ1n) is 12.0. The molecule has 2 aromatic heterocycles. The molecule has 174 valence electrons. The Morgan fingerprint density at radius 1 is 1.09 bits per heavy atom. The van der Waals surface area contributed by atoms with Gasteiger partial charge in [0, 0.05) is 50.8 Å². The van der Waals surface area contributed by atoms with E-state index in [1.807, 2.05) is 22.9 Å². The second-order valence-corrected chi connectivity index (χ2v) is 9.70. The molecule has 2 saturated heterocycles. The van der Waals surface area contributed by atoms with Crippen LogP contribution in [0.2, 0.25) is 0 Å². The largest absolute Gasteiger partial charge is 0.381 e. The normalized spacial score (nSPS) is 21.2. The number of carbonyl (C=O) groups excluding carboxylic acids is 1. The third-order valence-electron chi connectivity index (χ3n) is 7.13. The van der Waals surface area contributed by atoms with Gasteiger partial charge in [0.1, 0.15) is 5.65 Å². The van der Waals surface area contributed by atoms with Gasteiger partial charge in [0.05, 0.1) is 18.6 Å². The highest BCUT2D eigenvalue weighted by Gasteiger charge is 2.44. The topological polar surface area (TPSA) is 56.1 Å². The Labute approximate surface area is 195 Å². The Morgan fingerprint density at radius 2 is 1.88 bits per heavy atom. The molecule has 3 aromatic rings. The first-order valence-corrected chi connectivity index (χ1v) is 12.0. The molecule has 6 nitrogen and oxygen atoms in total. The fraction of sp³-hybridized carbons (Fsp3) is 0.481. The zero-order valence-electron chi connectivity index (χ0n) is 19.6. The van der Waals surface area contributed by atoms with Crippen LogP contribution in [0, 0.1) is 19.8 Å². The van der Waals surface area contributed by atoms with Crippen LogP contribution in [-0.4, -0.2) is 59.7 Å². The third-order valence-corrected chi connectivity index (χ3v) is 7.13. The van der Waals surface area contributed by atoms with Crippen LogP contribution in [0.5, 0.6) is 0 Å². The van der Waals surface area contributed by atoms with Crippen LogP contribution in [0.3, 0.4) is 0 Å². The monoisotopic (exact) mass is 447 g/mol. The predicted molar refractivity (Wildman–Crippen MR) is 127 cm³/mol. The Balaban J connectivity index is 1.40. The Hall–Kier alpha value is -2.70. The SMILES string of the molecule is Cc1cc(C)cc(C2(C(=O)N3CCOC[C@H](Cc4ccc5nccn5c4)C3)CCOCC2)c1. The van der Waals surface area contributed by atoms with E-state index < -0.39 is 5.41 Å². The van der Waals surface area contributed by atoms with Crippen LogP contribution in [0.1, 0.15) is 35.1 Å². The summed E-state index contributed by atoms with van der Waals surface area (Å²) >= 11 is 0. The third kappa shape index (κ3) is 4.55. The average Bonchev–Trinajstić information content (AvgIpc) is 3.16. The molecule has 6 heteroatoms. The molecular weight excluding hydrogens is 414 g/mol. The molecule has 1 aromatic carbocycles. The van der Waals surface area contributed by atoms with E-state index in [1.54, 1.807) is 0 Å². The number of aryl methyl sites for hydroxylation is 2. The lowest BCUT2D eigenvalue weighted by molar-refractivity contribution is -0.141. The molecule has 5 rings (SSSR count). The van der Waals surface area contributed by atoms with E-state index >= 15 is 0 Å². The Kier molecular flexibility index (Phi) is 6.21. The maximum absolute atomic E-state index is 14.2. The van der Waals surface area contributed by atoms with E-state index in [4.69, 9.17) is 9.47 Å². The zero-order valence-corrected chi connectivity index (χ0v) is 19.6. The van der Waals surface area contributed by atoms with Crippen molar-refractivity contribution < 1.29 is 14.3 Å². The van der Waals surface area contributed by atoms with Gasteiger partial charge in [-0.05, 0) is 50.3 Å². The first-order chi connectivity index (χ1) is 16.0. The van der Waals surface area contributed by atoms with Gasteiger partial charge in [-0.3, -0.25) is 4.79 Å². The van der Waals surface area contributed by atoms with Crippen molar-refractivity contribution in [1.29, 1.82) is 0 Å². The van der Waals surface area contributed by atoms with Crippen LogP contribution >= 0.6 is 0 Å². The fourth-order valence-electron chi connectivity index (χ4n) is 5.51. The molecule has 1 amide bonds. The van der Waals surface area contributed by atoms with Crippen molar-refractivity contribution in [3.05, 3.63) is 71.2 Å². The molecule has 0 unspecified atom stereocenters. The van der Waals surface area contributed by atoms with Gasteiger partial charge in [-0.2, -0.15) is 0 Å². The minimum absolute atomic E-state index is 0.233. The maximum Gasteiger partial charge on any atom is 0.233 e.